The van der Waals surface area contributed by atoms with Crippen molar-refractivity contribution < 1.29 is 9.53 Å². The summed E-state index contributed by atoms with van der Waals surface area (Å²) in [5, 5.41) is 3.23. The van der Waals surface area contributed by atoms with Crippen molar-refractivity contribution in [3.8, 4) is 0 Å². The number of hydrogen-bond donors (Lipinski definition) is 1. The minimum absolute atomic E-state index is 0.176. The van der Waals surface area contributed by atoms with Crippen molar-refractivity contribution in [3.63, 3.8) is 0 Å². The van der Waals surface area contributed by atoms with Gasteiger partial charge in [-0.3, -0.25) is 4.79 Å². The molecule has 0 aromatic heterocycles. The lowest BCUT2D eigenvalue weighted by Crippen LogP contribution is -2.50. The molecular weight excluding hydrogens is 242 g/mol. The molecule has 1 atom stereocenters. The van der Waals surface area contributed by atoms with E-state index in [1.807, 2.05) is 13.8 Å². The third kappa shape index (κ3) is 7.50. The summed E-state index contributed by atoms with van der Waals surface area (Å²) in [5.74, 6) is -0.176. The Morgan fingerprint density at radius 1 is 1.21 bits per heavy atom. The first-order chi connectivity index (χ1) is 8.85. The molecule has 5 heteroatoms. The summed E-state index contributed by atoms with van der Waals surface area (Å²) in [4.78, 5) is 16.3. The number of carbonyl (C=O) groups excluding carboxylic acids is 1. The zero-order chi connectivity index (χ0) is 14.9. The molecule has 0 aliphatic rings. The van der Waals surface area contributed by atoms with Crippen LogP contribution in [-0.2, 0) is 9.53 Å². The molecule has 0 spiro atoms. The summed E-state index contributed by atoms with van der Waals surface area (Å²) in [6.07, 6.45) is 1.77. The molecule has 0 rings (SSSR count). The Morgan fingerprint density at radius 2 is 1.84 bits per heavy atom. The molecule has 0 bridgehead atoms. The molecule has 0 aromatic carbocycles. The van der Waals surface area contributed by atoms with E-state index >= 15 is 0 Å². The molecule has 0 aliphatic carbocycles. The first-order valence-electron chi connectivity index (χ1n) is 7.02. The van der Waals surface area contributed by atoms with Gasteiger partial charge in [-0.2, -0.15) is 0 Å². The third-order valence-electron chi connectivity index (χ3n) is 3.35. The SMILES string of the molecule is CCNC(C)(CCCN(C)CCN(C)C)C(=O)OC. The van der Waals surface area contributed by atoms with Gasteiger partial charge in [0.15, 0.2) is 0 Å². The molecule has 0 heterocycles. The van der Waals surface area contributed by atoms with Gasteiger partial charge in [-0.05, 0) is 54.0 Å². The van der Waals surface area contributed by atoms with Gasteiger partial charge in [0.2, 0.25) is 0 Å². The lowest BCUT2D eigenvalue weighted by atomic mass is 9.95. The van der Waals surface area contributed by atoms with E-state index in [2.05, 4.69) is 36.3 Å². The molecule has 0 radical (unpaired) electrons. The first-order valence-corrected chi connectivity index (χ1v) is 7.02. The maximum Gasteiger partial charge on any atom is 0.325 e. The highest BCUT2D eigenvalue weighted by Crippen LogP contribution is 2.14. The minimum Gasteiger partial charge on any atom is -0.468 e. The zero-order valence-electron chi connectivity index (χ0n) is 13.5. The minimum atomic E-state index is -0.564. The van der Waals surface area contributed by atoms with E-state index in [1.165, 1.54) is 7.11 Å². The largest absolute Gasteiger partial charge is 0.468 e. The summed E-state index contributed by atoms with van der Waals surface area (Å²) < 4.78 is 4.88. The lowest BCUT2D eigenvalue weighted by Gasteiger charge is -2.28. The van der Waals surface area contributed by atoms with Gasteiger partial charge >= 0.3 is 5.97 Å². The van der Waals surface area contributed by atoms with Crippen molar-refractivity contribution in [2.24, 2.45) is 0 Å². The Morgan fingerprint density at radius 3 is 2.32 bits per heavy atom. The summed E-state index contributed by atoms with van der Waals surface area (Å²) in [5.41, 5.74) is -0.564. The Labute approximate surface area is 118 Å². The number of carbonyl (C=O) groups is 1. The molecule has 0 aromatic rings. The number of nitrogens with one attached hydrogen (secondary N) is 1. The topological polar surface area (TPSA) is 44.8 Å². The van der Waals surface area contributed by atoms with E-state index in [0.717, 1.165) is 39.0 Å². The number of methoxy groups -OCH3 is 1. The number of ether oxygens (including phenoxy) is 1. The highest BCUT2D eigenvalue weighted by atomic mass is 16.5. The van der Waals surface area contributed by atoms with Gasteiger partial charge in [-0.25, -0.2) is 0 Å². The average Bonchev–Trinajstić information content (AvgIpc) is 2.35. The van der Waals surface area contributed by atoms with Gasteiger partial charge in [0.05, 0.1) is 7.11 Å². The summed E-state index contributed by atoms with van der Waals surface area (Å²) >= 11 is 0. The van der Waals surface area contributed by atoms with Crippen LogP contribution in [0.1, 0.15) is 26.7 Å². The van der Waals surface area contributed by atoms with Crippen LogP contribution in [0.2, 0.25) is 0 Å². The molecule has 0 aliphatic heterocycles. The van der Waals surface area contributed by atoms with Crippen molar-refractivity contribution in [2.75, 3.05) is 54.4 Å². The predicted molar refractivity (Wildman–Crippen MR) is 79.4 cm³/mol. The third-order valence-corrected chi connectivity index (χ3v) is 3.35. The number of esters is 1. The van der Waals surface area contributed by atoms with Crippen LogP contribution in [0.25, 0.3) is 0 Å². The van der Waals surface area contributed by atoms with Gasteiger partial charge in [0.25, 0.3) is 0 Å². The molecule has 19 heavy (non-hydrogen) atoms. The Balaban J connectivity index is 4.09. The van der Waals surface area contributed by atoms with Gasteiger partial charge in [0.1, 0.15) is 5.54 Å². The second-order valence-corrected chi connectivity index (χ2v) is 5.56. The Kier molecular flexibility index (Phi) is 8.97. The van der Waals surface area contributed by atoms with Crippen LogP contribution in [-0.4, -0.2) is 75.7 Å². The van der Waals surface area contributed by atoms with Crippen LogP contribution in [0.3, 0.4) is 0 Å². The van der Waals surface area contributed by atoms with Crippen LogP contribution >= 0.6 is 0 Å². The van der Waals surface area contributed by atoms with Crippen LogP contribution in [0, 0.1) is 0 Å². The second kappa shape index (κ2) is 9.28. The van der Waals surface area contributed by atoms with Crippen molar-refractivity contribution in [1.29, 1.82) is 0 Å². The Bertz CT molecular complexity index is 259. The standard InChI is InChI=1S/C14H31N3O2/c1-7-15-14(2,13(18)19-6)9-8-10-17(5)12-11-16(3)4/h15H,7-12H2,1-6H3. The van der Waals surface area contributed by atoms with Gasteiger partial charge in [0, 0.05) is 13.1 Å². The van der Waals surface area contributed by atoms with Crippen molar-refractivity contribution >= 4 is 5.97 Å². The maximum absolute atomic E-state index is 11.8. The zero-order valence-corrected chi connectivity index (χ0v) is 13.5. The average molecular weight is 273 g/mol. The molecule has 0 saturated carbocycles. The number of rotatable bonds is 10. The molecule has 114 valence electrons. The molecule has 1 unspecified atom stereocenters. The second-order valence-electron chi connectivity index (χ2n) is 5.56. The molecule has 0 saturated heterocycles. The van der Waals surface area contributed by atoms with Crippen LogP contribution in [0.15, 0.2) is 0 Å². The Hall–Kier alpha value is -0.650. The van der Waals surface area contributed by atoms with Crippen LogP contribution < -0.4 is 5.32 Å². The summed E-state index contributed by atoms with van der Waals surface area (Å²) in [6, 6.07) is 0. The van der Waals surface area contributed by atoms with E-state index in [-0.39, 0.29) is 5.97 Å². The number of hydrogen-bond acceptors (Lipinski definition) is 5. The van der Waals surface area contributed by atoms with Gasteiger partial charge < -0.3 is 19.9 Å². The van der Waals surface area contributed by atoms with Crippen LogP contribution in [0.5, 0.6) is 0 Å². The van der Waals surface area contributed by atoms with Crippen molar-refractivity contribution in [3.05, 3.63) is 0 Å². The van der Waals surface area contributed by atoms with E-state index in [4.69, 9.17) is 4.74 Å². The maximum atomic E-state index is 11.8. The highest BCUT2D eigenvalue weighted by Gasteiger charge is 2.32. The lowest BCUT2D eigenvalue weighted by molar-refractivity contribution is -0.148. The molecule has 5 nitrogen and oxygen atoms in total. The molecule has 0 fully saturated rings. The monoisotopic (exact) mass is 273 g/mol. The predicted octanol–water partition coefficient (Wildman–Crippen LogP) is 0.801. The molecular formula is C14H31N3O2. The highest BCUT2D eigenvalue weighted by molar-refractivity contribution is 5.80. The molecule has 0 amide bonds. The van der Waals surface area contributed by atoms with E-state index in [9.17, 15) is 4.79 Å². The molecule has 1 N–H and O–H groups in total. The fraction of sp³-hybridized carbons (Fsp3) is 0.929. The van der Waals surface area contributed by atoms with E-state index in [1.54, 1.807) is 0 Å². The first kappa shape index (κ1) is 18.4. The summed E-state index contributed by atoms with van der Waals surface area (Å²) in [7, 11) is 7.72. The number of nitrogens with zero attached hydrogens (tertiary/aromatic N) is 2. The smallest absolute Gasteiger partial charge is 0.325 e. The number of likely N-dealkylation sites (N-methyl/N-ethyl adjacent to an activating group) is 3. The normalized spacial score (nSPS) is 14.7. The van der Waals surface area contributed by atoms with Crippen molar-refractivity contribution in [2.45, 2.75) is 32.2 Å². The van der Waals surface area contributed by atoms with Gasteiger partial charge in [-0.15, -0.1) is 0 Å². The van der Waals surface area contributed by atoms with Crippen LogP contribution in [0.4, 0.5) is 0 Å². The fourth-order valence-electron chi connectivity index (χ4n) is 2.06. The quantitative estimate of drug-likeness (QED) is 0.597. The summed E-state index contributed by atoms with van der Waals surface area (Å²) in [6.45, 7) is 7.78. The van der Waals surface area contributed by atoms with Gasteiger partial charge in [-0.1, -0.05) is 6.92 Å². The van der Waals surface area contributed by atoms with E-state index < -0.39 is 5.54 Å². The van der Waals surface area contributed by atoms with E-state index in [0.29, 0.717) is 0 Å². The van der Waals surface area contributed by atoms with Crippen molar-refractivity contribution in [1.82, 2.24) is 15.1 Å². The fourth-order valence-corrected chi connectivity index (χ4v) is 2.06.